The highest BCUT2D eigenvalue weighted by molar-refractivity contribution is 5.82. The molecule has 0 aliphatic heterocycles. The molecule has 0 aliphatic carbocycles. The van der Waals surface area contributed by atoms with Crippen LogP contribution in [0.4, 0.5) is 0 Å². The second-order valence-electron chi connectivity index (χ2n) is 4.79. The summed E-state index contributed by atoms with van der Waals surface area (Å²) in [5.74, 6) is 0. The van der Waals surface area contributed by atoms with Gasteiger partial charge in [0.05, 0.1) is 0 Å². The van der Waals surface area contributed by atoms with Gasteiger partial charge in [0.2, 0.25) is 0 Å². The summed E-state index contributed by atoms with van der Waals surface area (Å²) in [6, 6.07) is 4.23. The van der Waals surface area contributed by atoms with E-state index in [1.807, 2.05) is 19.2 Å². The van der Waals surface area contributed by atoms with Crippen molar-refractivity contribution in [3.05, 3.63) is 29.7 Å². The molecule has 0 fully saturated rings. The van der Waals surface area contributed by atoms with Crippen LogP contribution < -0.4 is 0 Å². The van der Waals surface area contributed by atoms with E-state index in [9.17, 15) is 0 Å². The molecule has 0 radical (unpaired) electrons. The van der Waals surface area contributed by atoms with Gasteiger partial charge in [-0.2, -0.15) is 0 Å². The summed E-state index contributed by atoms with van der Waals surface area (Å²) < 4.78 is 0. The van der Waals surface area contributed by atoms with Gasteiger partial charge in [-0.1, -0.05) is 20.8 Å². The number of hydrogen-bond acceptors (Lipinski definition) is 1. The Morgan fingerprint density at radius 2 is 2.00 bits per heavy atom. The Bertz CT molecular complexity index is 461. The van der Waals surface area contributed by atoms with Gasteiger partial charge in [0.15, 0.2) is 0 Å². The van der Waals surface area contributed by atoms with Crippen LogP contribution in [-0.4, -0.2) is 9.97 Å². The van der Waals surface area contributed by atoms with E-state index < -0.39 is 0 Å². The Hall–Kier alpha value is -1.31. The number of hydrogen-bond donors (Lipinski definition) is 1. The summed E-state index contributed by atoms with van der Waals surface area (Å²) in [6.07, 6.45) is 1.85. The molecular weight excluding hydrogens is 172 g/mol. The van der Waals surface area contributed by atoms with Crippen molar-refractivity contribution in [2.24, 2.45) is 0 Å². The molecule has 0 saturated carbocycles. The fourth-order valence-electron chi connectivity index (χ4n) is 1.60. The van der Waals surface area contributed by atoms with Gasteiger partial charge in [-0.15, -0.1) is 0 Å². The number of pyridine rings is 1. The zero-order chi connectivity index (χ0) is 10.3. The van der Waals surface area contributed by atoms with Crippen molar-refractivity contribution in [1.29, 1.82) is 0 Å². The van der Waals surface area contributed by atoms with Gasteiger partial charge in [0.1, 0.15) is 0 Å². The third-order valence-corrected chi connectivity index (χ3v) is 2.56. The lowest BCUT2D eigenvalue weighted by Crippen LogP contribution is -2.10. The number of aryl methyl sites for hydroxylation is 1. The molecule has 2 aromatic rings. The third kappa shape index (κ3) is 1.41. The maximum Gasteiger partial charge on any atom is 0.0490 e. The molecule has 2 nitrogen and oxygen atoms in total. The van der Waals surface area contributed by atoms with Crippen molar-refractivity contribution in [2.75, 3.05) is 0 Å². The lowest BCUT2D eigenvalue weighted by molar-refractivity contribution is 0.574. The van der Waals surface area contributed by atoms with Gasteiger partial charge in [-0.25, -0.2) is 0 Å². The molecule has 0 amide bonds. The zero-order valence-corrected chi connectivity index (χ0v) is 9.18. The Balaban J connectivity index is 2.69. The van der Waals surface area contributed by atoms with Crippen molar-refractivity contribution in [3.63, 3.8) is 0 Å². The summed E-state index contributed by atoms with van der Waals surface area (Å²) in [7, 11) is 0. The van der Waals surface area contributed by atoms with Crippen molar-refractivity contribution in [3.8, 4) is 0 Å². The van der Waals surface area contributed by atoms with E-state index in [-0.39, 0.29) is 5.41 Å². The number of aromatic amines is 1. The molecule has 0 aromatic carbocycles. The predicted molar refractivity (Wildman–Crippen MR) is 59.5 cm³/mol. The van der Waals surface area contributed by atoms with E-state index in [2.05, 4.69) is 36.8 Å². The first kappa shape index (κ1) is 9.25. The van der Waals surface area contributed by atoms with Gasteiger partial charge >= 0.3 is 0 Å². The summed E-state index contributed by atoms with van der Waals surface area (Å²) in [6.45, 7) is 8.67. The molecule has 0 bridgehead atoms. The first-order valence-corrected chi connectivity index (χ1v) is 4.93. The highest BCUT2D eigenvalue weighted by atomic mass is 14.8. The maximum atomic E-state index is 4.28. The first-order chi connectivity index (χ1) is 6.48. The van der Waals surface area contributed by atoms with Gasteiger partial charge in [0.25, 0.3) is 0 Å². The van der Waals surface area contributed by atoms with Crippen LogP contribution in [0.2, 0.25) is 0 Å². The van der Waals surface area contributed by atoms with Gasteiger partial charge in [0, 0.05) is 33.9 Å². The van der Waals surface area contributed by atoms with Crippen LogP contribution in [0, 0.1) is 6.92 Å². The van der Waals surface area contributed by atoms with Gasteiger partial charge in [-0.05, 0) is 19.1 Å². The summed E-state index contributed by atoms with van der Waals surface area (Å²) in [5.41, 5.74) is 3.71. The maximum absolute atomic E-state index is 4.28. The van der Waals surface area contributed by atoms with Crippen molar-refractivity contribution in [2.45, 2.75) is 33.1 Å². The van der Waals surface area contributed by atoms with E-state index in [1.54, 1.807) is 0 Å². The SMILES string of the molecule is Cc1nccc2[nH]c(C(C)(C)C)cc12. The molecule has 2 rings (SSSR count). The third-order valence-electron chi connectivity index (χ3n) is 2.56. The number of aromatic nitrogens is 2. The molecule has 0 aliphatic rings. The second kappa shape index (κ2) is 2.84. The minimum absolute atomic E-state index is 0.172. The molecule has 2 heteroatoms. The largest absolute Gasteiger partial charge is 0.358 e. The van der Waals surface area contributed by atoms with Crippen LogP contribution >= 0.6 is 0 Å². The fraction of sp³-hybridized carbons (Fsp3) is 0.417. The molecule has 14 heavy (non-hydrogen) atoms. The Labute approximate surface area is 84.4 Å². The van der Waals surface area contributed by atoms with E-state index in [4.69, 9.17) is 0 Å². The van der Waals surface area contributed by atoms with Crippen LogP contribution in [0.15, 0.2) is 18.3 Å². The van der Waals surface area contributed by atoms with Crippen LogP contribution in [0.3, 0.4) is 0 Å². The Morgan fingerprint density at radius 3 is 2.57 bits per heavy atom. The normalized spacial score (nSPS) is 12.3. The van der Waals surface area contributed by atoms with Gasteiger partial charge in [-0.3, -0.25) is 4.98 Å². The highest BCUT2D eigenvalue weighted by Gasteiger charge is 2.16. The Morgan fingerprint density at radius 1 is 1.29 bits per heavy atom. The summed E-state index contributed by atoms with van der Waals surface area (Å²) >= 11 is 0. The number of H-pyrrole nitrogens is 1. The quantitative estimate of drug-likeness (QED) is 0.676. The number of nitrogens with zero attached hydrogens (tertiary/aromatic N) is 1. The van der Waals surface area contributed by atoms with Crippen molar-refractivity contribution < 1.29 is 0 Å². The molecule has 1 N–H and O–H groups in total. The monoisotopic (exact) mass is 188 g/mol. The van der Waals surface area contributed by atoms with Gasteiger partial charge < -0.3 is 4.98 Å². The van der Waals surface area contributed by atoms with Crippen LogP contribution in [0.5, 0.6) is 0 Å². The smallest absolute Gasteiger partial charge is 0.0490 e. The van der Waals surface area contributed by atoms with E-state index in [0.717, 1.165) is 5.69 Å². The van der Waals surface area contributed by atoms with E-state index >= 15 is 0 Å². The lowest BCUT2D eigenvalue weighted by Gasteiger charge is -2.15. The second-order valence-corrected chi connectivity index (χ2v) is 4.79. The highest BCUT2D eigenvalue weighted by Crippen LogP contribution is 2.26. The average Bonchev–Trinajstić information content (AvgIpc) is 2.48. The molecule has 0 spiro atoms. The number of nitrogens with one attached hydrogen (secondary N) is 1. The van der Waals surface area contributed by atoms with E-state index in [1.165, 1.54) is 16.6 Å². The molecule has 74 valence electrons. The molecule has 2 aromatic heterocycles. The number of rotatable bonds is 0. The van der Waals surface area contributed by atoms with Crippen LogP contribution in [-0.2, 0) is 5.41 Å². The predicted octanol–water partition coefficient (Wildman–Crippen LogP) is 3.17. The average molecular weight is 188 g/mol. The molecule has 2 heterocycles. The fourth-order valence-corrected chi connectivity index (χ4v) is 1.60. The van der Waals surface area contributed by atoms with E-state index in [0.29, 0.717) is 0 Å². The first-order valence-electron chi connectivity index (χ1n) is 4.93. The van der Waals surface area contributed by atoms with Crippen LogP contribution in [0.25, 0.3) is 10.9 Å². The van der Waals surface area contributed by atoms with Crippen molar-refractivity contribution >= 4 is 10.9 Å². The molecular formula is C12H16N2. The summed E-state index contributed by atoms with van der Waals surface area (Å²) in [5, 5.41) is 1.23. The molecule has 0 saturated heterocycles. The lowest BCUT2D eigenvalue weighted by atomic mass is 9.92. The van der Waals surface area contributed by atoms with Crippen molar-refractivity contribution in [1.82, 2.24) is 9.97 Å². The van der Waals surface area contributed by atoms with Crippen LogP contribution in [0.1, 0.15) is 32.2 Å². The Kier molecular flexibility index (Phi) is 1.88. The standard InChI is InChI=1S/C12H16N2/c1-8-9-7-11(12(2,3)4)14-10(9)5-6-13-8/h5-7,14H,1-4H3. The summed E-state index contributed by atoms with van der Waals surface area (Å²) in [4.78, 5) is 7.72. The molecule has 0 unspecified atom stereocenters. The number of fused-ring (bicyclic) bond motifs is 1. The minimum atomic E-state index is 0.172. The topological polar surface area (TPSA) is 28.7 Å². The zero-order valence-electron chi connectivity index (χ0n) is 9.18. The molecule has 0 atom stereocenters. The minimum Gasteiger partial charge on any atom is -0.358 e.